The number of carbonyl (C=O) groups is 1. The van der Waals surface area contributed by atoms with Crippen molar-refractivity contribution < 1.29 is 4.79 Å². The van der Waals surface area contributed by atoms with Crippen LogP contribution in [0.4, 0.5) is 0 Å². The Kier molecular flexibility index (Phi) is 2.22. The molecule has 0 fully saturated rings. The van der Waals surface area contributed by atoms with Crippen LogP contribution in [0.5, 0.6) is 0 Å². The first-order valence-electron chi connectivity index (χ1n) is 5.50. The van der Waals surface area contributed by atoms with Crippen molar-refractivity contribution >= 4 is 12.1 Å². The number of aldehydes is 1. The second-order valence-corrected chi connectivity index (χ2v) is 4.03. The summed E-state index contributed by atoms with van der Waals surface area (Å²) < 4.78 is 3.42. The second-order valence-electron chi connectivity index (χ2n) is 4.03. The fraction of sp³-hybridized carbons (Fsp3) is 0.167. The summed E-state index contributed by atoms with van der Waals surface area (Å²) in [5, 5.41) is 4.43. The molecule has 0 unspecified atom stereocenters. The van der Waals surface area contributed by atoms with E-state index in [-0.39, 0.29) is 0 Å². The van der Waals surface area contributed by atoms with Crippen LogP contribution in [0.25, 0.3) is 17.2 Å². The molecule has 0 bridgehead atoms. The van der Waals surface area contributed by atoms with E-state index in [0.717, 1.165) is 17.7 Å². The summed E-state index contributed by atoms with van der Waals surface area (Å²) >= 11 is 0. The second kappa shape index (κ2) is 3.76. The summed E-state index contributed by atoms with van der Waals surface area (Å²) in [7, 11) is 1.87. The molecule has 3 aromatic heterocycles. The van der Waals surface area contributed by atoms with Gasteiger partial charge in [-0.2, -0.15) is 4.52 Å². The van der Waals surface area contributed by atoms with Gasteiger partial charge >= 0.3 is 0 Å². The summed E-state index contributed by atoms with van der Waals surface area (Å²) in [4.78, 5) is 19.4. The van der Waals surface area contributed by atoms with Crippen LogP contribution < -0.4 is 0 Å². The first-order valence-corrected chi connectivity index (χ1v) is 5.50. The number of carbonyl (C=O) groups excluding carboxylic acids is 1. The molecule has 6 nitrogen and oxygen atoms in total. The third-order valence-corrected chi connectivity index (χ3v) is 2.92. The van der Waals surface area contributed by atoms with E-state index < -0.39 is 0 Å². The largest absolute Gasteiger partial charge is 0.296 e. The Labute approximate surface area is 103 Å². The molecule has 0 radical (unpaired) electrons. The fourth-order valence-electron chi connectivity index (χ4n) is 1.98. The fourth-order valence-corrected chi connectivity index (χ4v) is 1.98. The lowest BCUT2D eigenvalue weighted by molar-refractivity contribution is 0.111. The topological polar surface area (TPSA) is 65.1 Å². The van der Waals surface area contributed by atoms with E-state index in [1.807, 2.05) is 23.7 Å². The molecule has 0 aliphatic carbocycles. The normalized spacial score (nSPS) is 11.0. The van der Waals surface area contributed by atoms with Gasteiger partial charge in [0.2, 0.25) is 5.78 Å². The van der Waals surface area contributed by atoms with Gasteiger partial charge in [0, 0.05) is 25.0 Å². The lowest BCUT2D eigenvalue weighted by atomic mass is 10.2. The molecule has 0 aromatic carbocycles. The number of hydrogen-bond donors (Lipinski definition) is 0. The van der Waals surface area contributed by atoms with Crippen LogP contribution in [0.2, 0.25) is 0 Å². The van der Waals surface area contributed by atoms with Crippen LogP contribution in [0.1, 0.15) is 16.2 Å². The highest BCUT2D eigenvalue weighted by Crippen LogP contribution is 2.19. The van der Waals surface area contributed by atoms with Crippen LogP contribution in [0, 0.1) is 6.92 Å². The Hall–Kier alpha value is -2.50. The molecule has 0 amide bonds. The maximum atomic E-state index is 11.0. The lowest BCUT2D eigenvalue weighted by Gasteiger charge is -1.99. The van der Waals surface area contributed by atoms with E-state index in [2.05, 4.69) is 15.1 Å². The van der Waals surface area contributed by atoms with E-state index in [1.165, 1.54) is 0 Å². The average molecular weight is 241 g/mol. The quantitative estimate of drug-likeness (QED) is 0.633. The standard InChI is InChI=1S/C12H11N5O/c1-8-10(7-18)17-12(14-8)16(2)11(15-17)9-3-5-13-6-4-9/h3-7H,1-2H3. The summed E-state index contributed by atoms with van der Waals surface area (Å²) in [6.07, 6.45) is 4.19. The minimum atomic E-state index is 0.487. The molecular formula is C12H11N5O. The van der Waals surface area contributed by atoms with Crippen molar-refractivity contribution in [2.45, 2.75) is 6.92 Å². The van der Waals surface area contributed by atoms with Crippen molar-refractivity contribution in [2.75, 3.05) is 0 Å². The van der Waals surface area contributed by atoms with Gasteiger partial charge in [0.05, 0.1) is 5.69 Å². The van der Waals surface area contributed by atoms with Crippen molar-refractivity contribution in [1.82, 2.24) is 24.1 Å². The van der Waals surface area contributed by atoms with Crippen LogP contribution in [0.3, 0.4) is 0 Å². The lowest BCUT2D eigenvalue weighted by Crippen LogP contribution is -1.94. The molecule has 0 saturated heterocycles. The molecule has 90 valence electrons. The van der Waals surface area contributed by atoms with E-state index in [1.54, 1.807) is 23.8 Å². The first-order chi connectivity index (χ1) is 8.72. The number of aromatic nitrogens is 5. The molecule has 3 aromatic rings. The molecule has 0 N–H and O–H groups in total. The third kappa shape index (κ3) is 1.35. The van der Waals surface area contributed by atoms with Crippen molar-refractivity contribution in [2.24, 2.45) is 7.05 Å². The zero-order chi connectivity index (χ0) is 12.7. The zero-order valence-electron chi connectivity index (χ0n) is 10.0. The molecule has 0 saturated carbocycles. The maximum absolute atomic E-state index is 11.0. The van der Waals surface area contributed by atoms with Gasteiger partial charge in [-0.25, -0.2) is 4.98 Å². The van der Waals surface area contributed by atoms with Gasteiger partial charge < -0.3 is 0 Å². The Morgan fingerprint density at radius 1 is 1.28 bits per heavy atom. The van der Waals surface area contributed by atoms with E-state index >= 15 is 0 Å². The number of imidazole rings is 1. The highest BCUT2D eigenvalue weighted by molar-refractivity contribution is 5.76. The van der Waals surface area contributed by atoms with Crippen LogP contribution in [-0.2, 0) is 7.05 Å². The smallest absolute Gasteiger partial charge is 0.233 e. The summed E-state index contributed by atoms with van der Waals surface area (Å²) in [6, 6.07) is 3.74. The molecular weight excluding hydrogens is 230 g/mol. The van der Waals surface area contributed by atoms with Crippen molar-refractivity contribution in [1.29, 1.82) is 0 Å². The number of fused-ring (bicyclic) bond motifs is 1. The molecule has 3 heterocycles. The minimum Gasteiger partial charge on any atom is -0.296 e. The van der Waals surface area contributed by atoms with E-state index in [9.17, 15) is 4.79 Å². The van der Waals surface area contributed by atoms with Gasteiger partial charge in [-0.3, -0.25) is 14.3 Å². The van der Waals surface area contributed by atoms with Crippen molar-refractivity contribution in [3.63, 3.8) is 0 Å². The summed E-state index contributed by atoms with van der Waals surface area (Å²) in [5.41, 5.74) is 2.11. The Bertz CT molecular complexity index is 726. The van der Waals surface area contributed by atoms with Gasteiger partial charge in [0.25, 0.3) is 0 Å². The SMILES string of the molecule is Cc1nc2n(C)c(-c3ccncc3)nn2c1C=O. The van der Waals surface area contributed by atoms with Crippen molar-refractivity contribution in [3.8, 4) is 11.4 Å². The zero-order valence-corrected chi connectivity index (χ0v) is 10.0. The first kappa shape index (κ1) is 10.6. The van der Waals surface area contributed by atoms with Crippen LogP contribution in [-0.4, -0.2) is 30.4 Å². The van der Waals surface area contributed by atoms with Crippen LogP contribution in [0.15, 0.2) is 24.5 Å². The number of nitrogens with zero attached hydrogens (tertiary/aromatic N) is 5. The Balaban J connectivity index is 2.30. The van der Waals surface area contributed by atoms with Gasteiger partial charge in [-0.05, 0) is 19.1 Å². The molecule has 0 aliphatic rings. The maximum Gasteiger partial charge on any atom is 0.233 e. The highest BCUT2D eigenvalue weighted by atomic mass is 16.1. The summed E-state index contributed by atoms with van der Waals surface area (Å²) in [5.74, 6) is 1.41. The van der Waals surface area contributed by atoms with Gasteiger partial charge in [-0.1, -0.05) is 0 Å². The van der Waals surface area contributed by atoms with Crippen molar-refractivity contribution in [3.05, 3.63) is 35.9 Å². The van der Waals surface area contributed by atoms with E-state index in [4.69, 9.17) is 0 Å². The molecule has 0 aliphatic heterocycles. The number of rotatable bonds is 2. The van der Waals surface area contributed by atoms with Gasteiger partial charge in [0.1, 0.15) is 5.69 Å². The molecule has 0 atom stereocenters. The predicted octanol–water partition coefficient (Wildman–Crippen LogP) is 1.25. The highest BCUT2D eigenvalue weighted by Gasteiger charge is 2.16. The Morgan fingerprint density at radius 2 is 2.00 bits per heavy atom. The average Bonchev–Trinajstić information content (AvgIpc) is 2.87. The molecule has 18 heavy (non-hydrogen) atoms. The minimum absolute atomic E-state index is 0.487. The number of aryl methyl sites for hydroxylation is 2. The predicted molar refractivity (Wildman–Crippen MR) is 65.3 cm³/mol. The summed E-state index contributed by atoms with van der Waals surface area (Å²) in [6.45, 7) is 1.80. The molecule has 0 spiro atoms. The third-order valence-electron chi connectivity index (χ3n) is 2.92. The number of hydrogen-bond acceptors (Lipinski definition) is 4. The molecule has 3 rings (SSSR count). The monoisotopic (exact) mass is 241 g/mol. The van der Waals surface area contributed by atoms with E-state index in [0.29, 0.717) is 17.2 Å². The van der Waals surface area contributed by atoms with Gasteiger partial charge in [0.15, 0.2) is 12.1 Å². The Morgan fingerprint density at radius 3 is 2.67 bits per heavy atom. The number of pyridine rings is 1. The molecule has 6 heteroatoms. The van der Waals surface area contributed by atoms with Crippen LogP contribution >= 0.6 is 0 Å². The van der Waals surface area contributed by atoms with Gasteiger partial charge in [-0.15, -0.1) is 5.10 Å².